The molecule has 0 radical (unpaired) electrons. The van der Waals surface area contributed by atoms with Crippen molar-refractivity contribution in [3.05, 3.63) is 52.0 Å². The number of phenols is 1. The third kappa shape index (κ3) is 4.52. The predicted octanol–water partition coefficient (Wildman–Crippen LogP) is 3.72. The first-order valence-electron chi connectivity index (χ1n) is 7.12. The molecule has 6 nitrogen and oxygen atoms in total. The highest BCUT2D eigenvalue weighted by atomic mass is 79.9. The normalized spacial score (nSPS) is 10.7. The summed E-state index contributed by atoms with van der Waals surface area (Å²) in [4.78, 5) is 12.3. The van der Waals surface area contributed by atoms with Crippen molar-refractivity contribution in [3.63, 3.8) is 0 Å². The lowest BCUT2D eigenvalue weighted by molar-refractivity contribution is -0.112. The van der Waals surface area contributed by atoms with Gasteiger partial charge in [-0.2, -0.15) is 5.26 Å². The quantitative estimate of drug-likeness (QED) is 0.587. The van der Waals surface area contributed by atoms with Gasteiger partial charge in [-0.1, -0.05) is 6.07 Å². The number of carbonyl (C=O) groups excluding carboxylic acids is 1. The number of nitrogens with zero attached hydrogens (tertiary/aromatic N) is 1. The topological polar surface area (TPSA) is 91.6 Å². The summed E-state index contributed by atoms with van der Waals surface area (Å²) in [6.45, 7) is 0. The second kappa shape index (κ2) is 8.22. The second-order valence-electron chi connectivity index (χ2n) is 4.90. The van der Waals surface area contributed by atoms with Crippen LogP contribution in [0.3, 0.4) is 0 Å². The fourth-order valence-electron chi connectivity index (χ4n) is 2.04. The molecule has 0 atom stereocenters. The molecule has 0 saturated heterocycles. The van der Waals surface area contributed by atoms with E-state index in [0.717, 1.165) is 0 Å². The molecule has 0 unspecified atom stereocenters. The first-order valence-corrected chi connectivity index (χ1v) is 7.91. The lowest BCUT2D eigenvalue weighted by Gasteiger charge is -2.10. The van der Waals surface area contributed by atoms with Gasteiger partial charge in [-0.25, -0.2) is 0 Å². The standard InChI is InChI=1S/C18H15BrN2O4/c1-24-16-6-4-13(9-17(16)25-2)21-18(23)12(10-20)7-11-3-5-15(22)14(19)8-11/h3-9,22H,1-2H3,(H,21,23)/b12-7+. The Kier molecular flexibility index (Phi) is 6.03. The molecule has 0 fully saturated rings. The van der Waals surface area contributed by atoms with Gasteiger partial charge in [-0.15, -0.1) is 0 Å². The van der Waals surface area contributed by atoms with Crippen molar-refractivity contribution in [1.82, 2.24) is 0 Å². The highest BCUT2D eigenvalue weighted by molar-refractivity contribution is 9.10. The number of carbonyl (C=O) groups is 1. The number of methoxy groups -OCH3 is 2. The molecule has 0 aliphatic heterocycles. The summed E-state index contributed by atoms with van der Waals surface area (Å²) in [5, 5.41) is 21.4. The predicted molar refractivity (Wildman–Crippen MR) is 97.6 cm³/mol. The van der Waals surface area contributed by atoms with Gasteiger partial charge in [-0.3, -0.25) is 4.79 Å². The molecule has 0 aliphatic rings. The highest BCUT2D eigenvalue weighted by Gasteiger charge is 2.12. The zero-order chi connectivity index (χ0) is 18.4. The second-order valence-corrected chi connectivity index (χ2v) is 5.76. The Bertz CT molecular complexity index is 872. The van der Waals surface area contributed by atoms with Gasteiger partial charge in [0.05, 0.1) is 18.7 Å². The van der Waals surface area contributed by atoms with Crippen LogP contribution in [0.1, 0.15) is 5.56 Å². The van der Waals surface area contributed by atoms with Crippen molar-refractivity contribution in [3.8, 4) is 23.3 Å². The third-order valence-corrected chi connectivity index (χ3v) is 3.92. The Balaban J connectivity index is 2.24. The van der Waals surface area contributed by atoms with Gasteiger partial charge in [0.2, 0.25) is 0 Å². The summed E-state index contributed by atoms with van der Waals surface area (Å²) in [6.07, 6.45) is 1.43. The third-order valence-electron chi connectivity index (χ3n) is 3.29. The van der Waals surface area contributed by atoms with Crippen LogP contribution in [0.2, 0.25) is 0 Å². The maximum atomic E-state index is 12.3. The van der Waals surface area contributed by atoms with Crippen LogP contribution < -0.4 is 14.8 Å². The number of hydrogen-bond donors (Lipinski definition) is 2. The molecule has 2 aromatic carbocycles. The first-order chi connectivity index (χ1) is 12.0. The highest BCUT2D eigenvalue weighted by Crippen LogP contribution is 2.30. The van der Waals surface area contributed by atoms with Crippen molar-refractivity contribution in [2.24, 2.45) is 0 Å². The number of rotatable bonds is 5. The number of aromatic hydroxyl groups is 1. The van der Waals surface area contributed by atoms with Crippen LogP contribution in [0.15, 0.2) is 46.4 Å². The number of anilines is 1. The molecule has 0 aromatic heterocycles. The van der Waals surface area contributed by atoms with E-state index in [2.05, 4.69) is 21.2 Å². The van der Waals surface area contributed by atoms with Gasteiger partial charge in [0.1, 0.15) is 17.4 Å². The Morgan fingerprint density at radius 3 is 2.52 bits per heavy atom. The molecule has 0 saturated carbocycles. The molecule has 0 bridgehead atoms. The summed E-state index contributed by atoms with van der Waals surface area (Å²) in [5.74, 6) is 0.514. The minimum Gasteiger partial charge on any atom is -0.507 e. The van der Waals surface area contributed by atoms with Crippen molar-refractivity contribution in [1.29, 1.82) is 5.26 Å². The smallest absolute Gasteiger partial charge is 0.266 e. The van der Waals surface area contributed by atoms with Crippen LogP contribution in [-0.2, 0) is 4.79 Å². The molecule has 7 heteroatoms. The Morgan fingerprint density at radius 2 is 1.92 bits per heavy atom. The molecule has 2 rings (SSSR count). The van der Waals surface area contributed by atoms with E-state index in [4.69, 9.17) is 9.47 Å². The van der Waals surface area contributed by atoms with Gasteiger partial charge < -0.3 is 19.9 Å². The van der Waals surface area contributed by atoms with Gasteiger partial charge in [0.15, 0.2) is 11.5 Å². The minimum absolute atomic E-state index is 0.0745. The molecule has 0 aliphatic carbocycles. The number of ether oxygens (including phenoxy) is 2. The van der Waals surface area contributed by atoms with Crippen molar-refractivity contribution < 1.29 is 19.4 Å². The van der Waals surface area contributed by atoms with Crippen molar-refractivity contribution >= 4 is 33.6 Å². The largest absolute Gasteiger partial charge is 0.507 e. The zero-order valence-electron chi connectivity index (χ0n) is 13.5. The molecule has 0 spiro atoms. The summed E-state index contributed by atoms with van der Waals surface area (Å²) in [7, 11) is 3.01. The van der Waals surface area contributed by atoms with Crippen LogP contribution in [0.4, 0.5) is 5.69 Å². The minimum atomic E-state index is -0.557. The van der Waals surface area contributed by atoms with E-state index in [1.54, 1.807) is 30.3 Å². The number of nitrogens with one attached hydrogen (secondary N) is 1. The van der Waals surface area contributed by atoms with Gasteiger partial charge >= 0.3 is 0 Å². The van der Waals surface area contributed by atoms with Crippen molar-refractivity contribution in [2.75, 3.05) is 19.5 Å². The number of amides is 1. The lowest BCUT2D eigenvalue weighted by Crippen LogP contribution is -2.13. The number of nitriles is 1. The van der Waals surface area contributed by atoms with E-state index >= 15 is 0 Å². The SMILES string of the molecule is COc1ccc(NC(=O)/C(C#N)=C/c2ccc(O)c(Br)c2)cc1OC. The average Bonchev–Trinajstić information content (AvgIpc) is 2.62. The van der Waals surface area contributed by atoms with Crippen molar-refractivity contribution in [2.45, 2.75) is 0 Å². The van der Waals surface area contributed by atoms with E-state index in [1.807, 2.05) is 6.07 Å². The summed E-state index contributed by atoms with van der Waals surface area (Å²) in [5.41, 5.74) is 0.992. The Morgan fingerprint density at radius 1 is 1.20 bits per heavy atom. The van der Waals surface area contributed by atoms with Crippen LogP contribution in [-0.4, -0.2) is 25.2 Å². The lowest BCUT2D eigenvalue weighted by atomic mass is 10.1. The van der Waals surface area contributed by atoms with Crippen LogP contribution in [0.25, 0.3) is 6.08 Å². The van der Waals surface area contributed by atoms with Gasteiger partial charge in [-0.05, 0) is 51.8 Å². The molecule has 0 heterocycles. The molecule has 2 N–H and O–H groups in total. The van der Waals surface area contributed by atoms with Crippen LogP contribution in [0, 0.1) is 11.3 Å². The Labute approximate surface area is 153 Å². The van der Waals surface area contributed by atoms with E-state index in [9.17, 15) is 15.2 Å². The maximum absolute atomic E-state index is 12.3. The molecule has 25 heavy (non-hydrogen) atoms. The molecular weight excluding hydrogens is 388 g/mol. The van der Waals surface area contributed by atoms with E-state index in [1.165, 1.54) is 26.4 Å². The molecule has 2 aromatic rings. The molecular formula is C18H15BrN2O4. The average molecular weight is 403 g/mol. The summed E-state index contributed by atoms with van der Waals surface area (Å²) < 4.78 is 10.8. The van der Waals surface area contributed by atoms with E-state index in [-0.39, 0.29) is 11.3 Å². The van der Waals surface area contributed by atoms with E-state index in [0.29, 0.717) is 27.2 Å². The van der Waals surface area contributed by atoms with Gasteiger partial charge in [0.25, 0.3) is 5.91 Å². The Hall–Kier alpha value is -2.98. The molecule has 128 valence electrons. The number of phenolic OH excluding ortho intramolecular Hbond substituents is 1. The van der Waals surface area contributed by atoms with Gasteiger partial charge in [0, 0.05) is 11.8 Å². The summed E-state index contributed by atoms with van der Waals surface area (Å²) in [6, 6.07) is 11.4. The van der Waals surface area contributed by atoms with Crippen LogP contribution in [0.5, 0.6) is 17.2 Å². The summed E-state index contributed by atoms with van der Waals surface area (Å²) >= 11 is 3.19. The fourth-order valence-corrected chi connectivity index (χ4v) is 2.44. The first kappa shape index (κ1) is 18.4. The van der Waals surface area contributed by atoms with E-state index < -0.39 is 5.91 Å². The number of hydrogen-bond acceptors (Lipinski definition) is 5. The molecule has 1 amide bonds. The number of benzene rings is 2. The monoisotopic (exact) mass is 402 g/mol. The maximum Gasteiger partial charge on any atom is 0.266 e. The number of halogens is 1. The van der Waals surface area contributed by atoms with Crippen LogP contribution >= 0.6 is 15.9 Å². The fraction of sp³-hybridized carbons (Fsp3) is 0.111. The zero-order valence-corrected chi connectivity index (χ0v) is 15.1.